The Morgan fingerprint density at radius 3 is 2.93 bits per heavy atom. The summed E-state index contributed by atoms with van der Waals surface area (Å²) in [4.78, 5) is 0. The first-order valence-electron chi connectivity index (χ1n) is 6.20. The Bertz CT molecular complexity index is 302. The predicted molar refractivity (Wildman–Crippen MR) is 59.8 cm³/mol. The molecular formula is C13H19NO. The summed E-state index contributed by atoms with van der Waals surface area (Å²) in [7, 11) is 0. The van der Waals surface area contributed by atoms with Crippen molar-refractivity contribution < 1.29 is 4.42 Å². The second kappa shape index (κ2) is 4.01. The van der Waals surface area contributed by atoms with E-state index in [0.717, 1.165) is 12.0 Å². The van der Waals surface area contributed by atoms with Crippen LogP contribution in [0.15, 0.2) is 22.8 Å². The molecule has 3 rings (SSSR count). The van der Waals surface area contributed by atoms with Gasteiger partial charge < -0.3 is 9.73 Å². The number of hydrogen-bond donors (Lipinski definition) is 1. The smallest absolute Gasteiger partial charge is 0.107 e. The molecule has 2 aliphatic carbocycles. The zero-order valence-electron chi connectivity index (χ0n) is 9.11. The summed E-state index contributed by atoms with van der Waals surface area (Å²) in [6, 6.07) is 4.99. The lowest BCUT2D eigenvalue weighted by molar-refractivity contribution is 0.379. The van der Waals surface area contributed by atoms with E-state index in [9.17, 15) is 0 Å². The van der Waals surface area contributed by atoms with E-state index in [4.69, 9.17) is 4.42 Å². The van der Waals surface area contributed by atoms with Crippen LogP contribution in [0.5, 0.6) is 0 Å². The van der Waals surface area contributed by atoms with Gasteiger partial charge in [0.25, 0.3) is 0 Å². The summed E-state index contributed by atoms with van der Waals surface area (Å²) in [6.45, 7) is 1.19. The summed E-state index contributed by atoms with van der Waals surface area (Å²) in [5.74, 6) is 2.68. The van der Waals surface area contributed by atoms with E-state index in [1.54, 1.807) is 6.26 Å². The van der Waals surface area contributed by atoms with Gasteiger partial charge in [-0.1, -0.05) is 6.42 Å². The van der Waals surface area contributed by atoms with Crippen LogP contribution in [0.1, 0.15) is 43.8 Å². The van der Waals surface area contributed by atoms with Gasteiger partial charge in [0.15, 0.2) is 0 Å². The maximum absolute atomic E-state index is 5.54. The fraction of sp³-hybridized carbons (Fsp3) is 0.692. The molecule has 0 saturated heterocycles. The SMILES string of the molecule is c1coc(C2CCCC2CNC2CC2)c1. The van der Waals surface area contributed by atoms with Gasteiger partial charge in [0.1, 0.15) is 5.76 Å². The van der Waals surface area contributed by atoms with Crippen LogP contribution >= 0.6 is 0 Å². The standard InChI is InChI=1S/C13H19NO/c1-3-10(9-14-11-6-7-11)12(4-1)13-5-2-8-15-13/h2,5,8,10-12,14H,1,3-4,6-7,9H2. The minimum Gasteiger partial charge on any atom is -0.469 e. The van der Waals surface area contributed by atoms with E-state index in [2.05, 4.69) is 11.4 Å². The third-order valence-electron chi connectivity index (χ3n) is 3.81. The second-order valence-corrected chi connectivity index (χ2v) is 5.00. The Morgan fingerprint density at radius 2 is 2.20 bits per heavy atom. The summed E-state index contributed by atoms with van der Waals surface area (Å²) in [5, 5.41) is 3.65. The maximum Gasteiger partial charge on any atom is 0.107 e. The first-order chi connectivity index (χ1) is 7.43. The average molecular weight is 205 g/mol. The van der Waals surface area contributed by atoms with Gasteiger partial charge in [0.05, 0.1) is 6.26 Å². The second-order valence-electron chi connectivity index (χ2n) is 5.00. The molecule has 15 heavy (non-hydrogen) atoms. The molecule has 1 N–H and O–H groups in total. The minimum atomic E-state index is 0.672. The van der Waals surface area contributed by atoms with Gasteiger partial charge in [-0.3, -0.25) is 0 Å². The van der Waals surface area contributed by atoms with E-state index in [0.29, 0.717) is 5.92 Å². The Morgan fingerprint density at radius 1 is 1.27 bits per heavy atom. The Balaban J connectivity index is 1.61. The van der Waals surface area contributed by atoms with Crippen molar-refractivity contribution in [2.45, 2.75) is 44.1 Å². The van der Waals surface area contributed by atoms with E-state index >= 15 is 0 Å². The van der Waals surface area contributed by atoms with Crippen molar-refractivity contribution in [1.82, 2.24) is 5.32 Å². The van der Waals surface area contributed by atoms with Gasteiger partial charge in [-0.05, 0) is 50.3 Å². The fourth-order valence-corrected chi connectivity index (χ4v) is 2.76. The largest absolute Gasteiger partial charge is 0.469 e. The highest BCUT2D eigenvalue weighted by molar-refractivity contribution is 5.09. The molecule has 0 spiro atoms. The Kier molecular flexibility index (Phi) is 2.53. The summed E-state index contributed by atoms with van der Waals surface area (Å²) in [6.07, 6.45) is 8.62. The van der Waals surface area contributed by atoms with Crippen molar-refractivity contribution >= 4 is 0 Å². The van der Waals surface area contributed by atoms with Gasteiger partial charge in [0, 0.05) is 12.0 Å². The normalized spacial score (nSPS) is 30.9. The van der Waals surface area contributed by atoms with Gasteiger partial charge in [-0.25, -0.2) is 0 Å². The van der Waals surface area contributed by atoms with Crippen LogP contribution in [0.4, 0.5) is 0 Å². The average Bonchev–Trinajstić information content (AvgIpc) is 2.79. The Hall–Kier alpha value is -0.760. The highest BCUT2D eigenvalue weighted by Crippen LogP contribution is 2.39. The first kappa shape index (κ1) is 9.46. The third kappa shape index (κ3) is 2.10. The molecule has 2 fully saturated rings. The molecule has 1 heterocycles. The molecule has 82 valence electrons. The topological polar surface area (TPSA) is 25.2 Å². The molecule has 0 bridgehead atoms. The Labute approximate surface area is 91.0 Å². The molecule has 2 unspecified atom stereocenters. The minimum absolute atomic E-state index is 0.672. The van der Waals surface area contributed by atoms with Crippen LogP contribution < -0.4 is 5.32 Å². The van der Waals surface area contributed by atoms with Crippen molar-refractivity contribution in [1.29, 1.82) is 0 Å². The van der Waals surface area contributed by atoms with Crippen molar-refractivity contribution in [3.8, 4) is 0 Å². The van der Waals surface area contributed by atoms with Crippen molar-refractivity contribution in [2.24, 2.45) is 5.92 Å². The van der Waals surface area contributed by atoms with Gasteiger partial charge in [-0.15, -0.1) is 0 Å². The highest BCUT2D eigenvalue weighted by atomic mass is 16.3. The van der Waals surface area contributed by atoms with E-state index in [1.165, 1.54) is 44.4 Å². The molecule has 1 aromatic rings. The number of rotatable bonds is 4. The van der Waals surface area contributed by atoms with Crippen molar-refractivity contribution in [3.05, 3.63) is 24.2 Å². The quantitative estimate of drug-likeness (QED) is 0.817. The highest BCUT2D eigenvalue weighted by Gasteiger charge is 2.31. The van der Waals surface area contributed by atoms with Crippen LogP contribution in [-0.2, 0) is 0 Å². The summed E-state index contributed by atoms with van der Waals surface area (Å²) in [5.41, 5.74) is 0. The monoisotopic (exact) mass is 205 g/mol. The molecule has 0 aromatic carbocycles. The van der Waals surface area contributed by atoms with E-state index in [-0.39, 0.29) is 0 Å². The molecule has 2 nitrogen and oxygen atoms in total. The number of furan rings is 1. The lowest BCUT2D eigenvalue weighted by Crippen LogP contribution is -2.26. The van der Waals surface area contributed by atoms with Crippen LogP contribution in [0.2, 0.25) is 0 Å². The molecule has 0 amide bonds. The molecule has 2 atom stereocenters. The lowest BCUT2D eigenvalue weighted by atomic mass is 9.93. The third-order valence-corrected chi connectivity index (χ3v) is 3.81. The number of hydrogen-bond acceptors (Lipinski definition) is 2. The van der Waals surface area contributed by atoms with Gasteiger partial charge in [0.2, 0.25) is 0 Å². The molecule has 2 aliphatic rings. The van der Waals surface area contributed by atoms with Crippen LogP contribution in [-0.4, -0.2) is 12.6 Å². The van der Waals surface area contributed by atoms with Gasteiger partial charge in [-0.2, -0.15) is 0 Å². The molecule has 2 saturated carbocycles. The lowest BCUT2D eigenvalue weighted by Gasteiger charge is -2.17. The fourth-order valence-electron chi connectivity index (χ4n) is 2.76. The van der Waals surface area contributed by atoms with Crippen molar-refractivity contribution in [3.63, 3.8) is 0 Å². The molecular weight excluding hydrogens is 186 g/mol. The van der Waals surface area contributed by atoms with E-state index in [1.807, 2.05) is 6.07 Å². The van der Waals surface area contributed by atoms with Crippen molar-refractivity contribution in [2.75, 3.05) is 6.54 Å². The number of nitrogens with one attached hydrogen (secondary N) is 1. The zero-order valence-corrected chi connectivity index (χ0v) is 9.11. The zero-order chi connectivity index (χ0) is 10.1. The first-order valence-corrected chi connectivity index (χ1v) is 6.20. The molecule has 2 heteroatoms. The predicted octanol–water partition coefficient (Wildman–Crippen LogP) is 2.92. The van der Waals surface area contributed by atoms with Crippen LogP contribution in [0.25, 0.3) is 0 Å². The van der Waals surface area contributed by atoms with E-state index < -0.39 is 0 Å². The molecule has 0 radical (unpaired) electrons. The maximum atomic E-state index is 5.54. The van der Waals surface area contributed by atoms with Crippen LogP contribution in [0.3, 0.4) is 0 Å². The summed E-state index contributed by atoms with van der Waals surface area (Å²) >= 11 is 0. The molecule has 1 aromatic heterocycles. The molecule has 0 aliphatic heterocycles. The van der Waals surface area contributed by atoms with Crippen LogP contribution in [0, 0.1) is 5.92 Å². The summed E-state index contributed by atoms with van der Waals surface area (Å²) < 4.78 is 5.54. The van der Waals surface area contributed by atoms with Gasteiger partial charge >= 0.3 is 0 Å².